The van der Waals surface area contributed by atoms with Crippen LogP contribution in [0.2, 0.25) is 0 Å². The minimum atomic E-state index is 0.0390. The van der Waals surface area contributed by atoms with Gasteiger partial charge < -0.3 is 15.0 Å². The molecule has 2 rings (SSSR count). The largest absolute Gasteiger partial charge is 0.379 e. The lowest BCUT2D eigenvalue weighted by Gasteiger charge is -2.43. The third kappa shape index (κ3) is 5.90. The van der Waals surface area contributed by atoms with Crippen molar-refractivity contribution < 1.29 is 9.53 Å². The number of amides is 1. The smallest absolute Gasteiger partial charge is 0.243 e. The highest BCUT2D eigenvalue weighted by Crippen LogP contribution is 2.22. The third-order valence-electron chi connectivity index (χ3n) is 4.83. The molecule has 1 atom stereocenters. The highest BCUT2D eigenvalue weighted by atomic mass is 16.5. The second-order valence-corrected chi connectivity index (χ2v) is 7.77. The van der Waals surface area contributed by atoms with Gasteiger partial charge in [0.2, 0.25) is 5.91 Å². The summed E-state index contributed by atoms with van der Waals surface area (Å²) in [7, 11) is 0. The maximum absolute atomic E-state index is 11.7. The van der Waals surface area contributed by atoms with Gasteiger partial charge in [-0.3, -0.25) is 9.69 Å². The van der Waals surface area contributed by atoms with E-state index >= 15 is 0 Å². The zero-order chi connectivity index (χ0) is 16.9. The van der Waals surface area contributed by atoms with Crippen LogP contribution in [-0.4, -0.2) is 73.7 Å². The van der Waals surface area contributed by atoms with Gasteiger partial charge in [-0.1, -0.05) is 5.57 Å². The van der Waals surface area contributed by atoms with Crippen LogP contribution in [0.1, 0.15) is 34.1 Å². The predicted molar refractivity (Wildman–Crippen MR) is 93.5 cm³/mol. The van der Waals surface area contributed by atoms with Crippen LogP contribution in [0.4, 0.5) is 0 Å². The van der Waals surface area contributed by atoms with Gasteiger partial charge in [0.1, 0.15) is 0 Å². The molecule has 0 spiro atoms. The molecule has 0 bridgehead atoms. The second-order valence-electron chi connectivity index (χ2n) is 7.77. The molecule has 2 aliphatic heterocycles. The first-order valence-electron chi connectivity index (χ1n) is 8.85. The van der Waals surface area contributed by atoms with E-state index in [1.807, 2.05) is 13.8 Å². The topological polar surface area (TPSA) is 44.8 Å². The van der Waals surface area contributed by atoms with E-state index in [-0.39, 0.29) is 11.4 Å². The quantitative estimate of drug-likeness (QED) is 0.753. The number of hydrogen-bond acceptors (Lipinski definition) is 4. The third-order valence-corrected chi connectivity index (χ3v) is 4.83. The van der Waals surface area contributed by atoms with Crippen molar-refractivity contribution in [1.82, 2.24) is 15.1 Å². The van der Waals surface area contributed by atoms with Gasteiger partial charge in [-0.15, -0.1) is 0 Å². The summed E-state index contributed by atoms with van der Waals surface area (Å²) < 4.78 is 5.46. The molecule has 1 N–H and O–H groups in total. The summed E-state index contributed by atoms with van der Waals surface area (Å²) in [6.07, 6.45) is 2.85. The molecule has 0 aromatic heterocycles. The van der Waals surface area contributed by atoms with E-state index in [1.54, 1.807) is 6.08 Å². The molecule has 0 unspecified atom stereocenters. The molecule has 2 saturated heterocycles. The standard InChI is InChI=1S/C18H33N3O2/c1-15(2)11-17(22)19-12-16-5-6-20(13-16)14-18(3,4)21-7-9-23-10-8-21/h11,16H,5-10,12-14H2,1-4H3,(H,19,22)/t16-/m1/s1. The number of hydrogen-bond donors (Lipinski definition) is 1. The number of carbonyl (C=O) groups is 1. The Balaban J connectivity index is 1.74. The Morgan fingerprint density at radius 2 is 1.96 bits per heavy atom. The van der Waals surface area contributed by atoms with Crippen LogP contribution in [0.3, 0.4) is 0 Å². The number of nitrogens with one attached hydrogen (secondary N) is 1. The molecule has 5 heteroatoms. The molecule has 2 aliphatic rings. The van der Waals surface area contributed by atoms with Gasteiger partial charge in [0.25, 0.3) is 0 Å². The highest BCUT2D eigenvalue weighted by Gasteiger charge is 2.33. The Hall–Kier alpha value is -0.910. The lowest BCUT2D eigenvalue weighted by Crippen LogP contribution is -2.55. The van der Waals surface area contributed by atoms with Crippen molar-refractivity contribution >= 4 is 5.91 Å². The number of likely N-dealkylation sites (tertiary alicyclic amines) is 1. The fraction of sp³-hybridized carbons (Fsp3) is 0.833. The van der Waals surface area contributed by atoms with Gasteiger partial charge in [0.05, 0.1) is 13.2 Å². The number of ether oxygens (including phenoxy) is 1. The van der Waals surface area contributed by atoms with Gasteiger partial charge >= 0.3 is 0 Å². The summed E-state index contributed by atoms with van der Waals surface area (Å²) in [6.45, 7) is 16.4. The maximum atomic E-state index is 11.7. The Labute approximate surface area is 141 Å². The number of allylic oxidation sites excluding steroid dienone is 1. The lowest BCUT2D eigenvalue weighted by molar-refractivity contribution is -0.116. The van der Waals surface area contributed by atoms with E-state index in [2.05, 4.69) is 29.0 Å². The Bertz CT molecular complexity index is 424. The van der Waals surface area contributed by atoms with Crippen molar-refractivity contribution in [2.75, 3.05) is 52.5 Å². The molecule has 0 radical (unpaired) electrons. The first-order valence-corrected chi connectivity index (χ1v) is 8.85. The van der Waals surface area contributed by atoms with Crippen LogP contribution in [0, 0.1) is 5.92 Å². The number of morpholine rings is 1. The average molecular weight is 323 g/mol. The second kappa shape index (κ2) is 8.27. The number of nitrogens with zero attached hydrogens (tertiary/aromatic N) is 2. The Kier molecular flexibility index (Phi) is 6.62. The summed E-state index contributed by atoms with van der Waals surface area (Å²) in [5, 5.41) is 3.03. The van der Waals surface area contributed by atoms with E-state index in [0.29, 0.717) is 5.92 Å². The van der Waals surface area contributed by atoms with Gasteiger partial charge in [-0.25, -0.2) is 0 Å². The first-order chi connectivity index (χ1) is 10.9. The maximum Gasteiger partial charge on any atom is 0.243 e. The normalized spacial score (nSPS) is 23.7. The Morgan fingerprint density at radius 1 is 1.26 bits per heavy atom. The van der Waals surface area contributed by atoms with Gasteiger partial charge in [-0.05, 0) is 46.6 Å². The molecule has 0 saturated carbocycles. The average Bonchev–Trinajstić information content (AvgIpc) is 2.92. The summed E-state index contributed by atoms with van der Waals surface area (Å²) in [5.41, 5.74) is 1.23. The minimum absolute atomic E-state index is 0.0390. The molecule has 0 aliphatic carbocycles. The monoisotopic (exact) mass is 323 g/mol. The van der Waals surface area contributed by atoms with Crippen molar-refractivity contribution in [3.63, 3.8) is 0 Å². The van der Waals surface area contributed by atoms with Crippen LogP contribution in [0.25, 0.3) is 0 Å². The van der Waals surface area contributed by atoms with Gasteiger partial charge in [-0.2, -0.15) is 0 Å². The lowest BCUT2D eigenvalue weighted by atomic mass is 10.0. The van der Waals surface area contributed by atoms with Crippen LogP contribution in [-0.2, 0) is 9.53 Å². The van der Waals surface area contributed by atoms with E-state index in [4.69, 9.17) is 4.74 Å². The summed E-state index contributed by atoms with van der Waals surface area (Å²) in [4.78, 5) is 16.8. The van der Waals surface area contributed by atoms with Crippen LogP contribution in [0.15, 0.2) is 11.6 Å². The molecule has 2 fully saturated rings. The van der Waals surface area contributed by atoms with Crippen molar-refractivity contribution in [2.24, 2.45) is 5.92 Å². The number of carbonyl (C=O) groups excluding carboxylic acids is 1. The minimum Gasteiger partial charge on any atom is -0.379 e. The van der Waals surface area contributed by atoms with E-state index in [0.717, 1.165) is 58.1 Å². The first kappa shape index (κ1) is 18.4. The fourth-order valence-corrected chi connectivity index (χ4v) is 3.60. The summed E-state index contributed by atoms with van der Waals surface area (Å²) >= 11 is 0. The zero-order valence-corrected chi connectivity index (χ0v) is 15.2. The predicted octanol–water partition coefficient (Wildman–Crippen LogP) is 1.50. The summed E-state index contributed by atoms with van der Waals surface area (Å²) in [6, 6.07) is 0. The molecule has 0 aromatic carbocycles. The van der Waals surface area contributed by atoms with Crippen LogP contribution >= 0.6 is 0 Å². The molecular weight excluding hydrogens is 290 g/mol. The van der Waals surface area contributed by atoms with Gasteiger partial charge in [0.15, 0.2) is 0 Å². The molecule has 132 valence electrons. The molecule has 1 amide bonds. The molecule has 5 nitrogen and oxygen atoms in total. The van der Waals surface area contributed by atoms with Crippen molar-refractivity contribution in [3.8, 4) is 0 Å². The van der Waals surface area contributed by atoms with Crippen LogP contribution < -0.4 is 5.32 Å². The zero-order valence-electron chi connectivity index (χ0n) is 15.2. The Morgan fingerprint density at radius 3 is 2.61 bits per heavy atom. The summed E-state index contributed by atoms with van der Waals surface area (Å²) in [5.74, 6) is 0.613. The molecule has 0 aromatic rings. The van der Waals surface area contributed by atoms with Crippen LogP contribution in [0.5, 0.6) is 0 Å². The van der Waals surface area contributed by atoms with Crippen molar-refractivity contribution in [1.29, 1.82) is 0 Å². The SMILES string of the molecule is CC(C)=CC(=O)NC[C@H]1CCN(CC(C)(C)N2CCOCC2)C1. The molecule has 23 heavy (non-hydrogen) atoms. The van der Waals surface area contributed by atoms with E-state index in [9.17, 15) is 4.79 Å². The highest BCUT2D eigenvalue weighted by molar-refractivity contribution is 5.87. The van der Waals surface area contributed by atoms with E-state index in [1.165, 1.54) is 6.42 Å². The number of rotatable bonds is 6. The van der Waals surface area contributed by atoms with Crippen molar-refractivity contribution in [2.45, 2.75) is 39.7 Å². The van der Waals surface area contributed by atoms with E-state index < -0.39 is 0 Å². The molecule has 2 heterocycles. The van der Waals surface area contributed by atoms with Crippen molar-refractivity contribution in [3.05, 3.63) is 11.6 Å². The fourth-order valence-electron chi connectivity index (χ4n) is 3.60. The van der Waals surface area contributed by atoms with Gasteiger partial charge in [0, 0.05) is 44.3 Å². The molecular formula is C18H33N3O2.